The SMILES string of the molecule is CCCN(C(C)=O)[C@@H](C)c1cccc(C(F)(F)F)c1. The van der Waals surface area contributed by atoms with E-state index in [2.05, 4.69) is 0 Å². The van der Waals surface area contributed by atoms with Gasteiger partial charge in [0.25, 0.3) is 0 Å². The molecule has 106 valence electrons. The standard InChI is InChI=1S/C14H18F3NO/c1-4-8-18(11(3)19)10(2)12-6-5-7-13(9-12)14(15,16)17/h5-7,9-10H,4,8H2,1-3H3/t10-/m0/s1. The third-order valence-electron chi connectivity index (χ3n) is 3.03. The van der Waals surface area contributed by atoms with Crippen LogP contribution in [0.5, 0.6) is 0 Å². The molecule has 0 aromatic heterocycles. The molecule has 0 aliphatic carbocycles. The van der Waals surface area contributed by atoms with E-state index in [1.807, 2.05) is 6.92 Å². The van der Waals surface area contributed by atoms with E-state index in [9.17, 15) is 18.0 Å². The summed E-state index contributed by atoms with van der Waals surface area (Å²) in [5, 5.41) is 0. The van der Waals surface area contributed by atoms with Crippen molar-refractivity contribution in [1.29, 1.82) is 0 Å². The summed E-state index contributed by atoms with van der Waals surface area (Å²) in [7, 11) is 0. The maximum atomic E-state index is 12.7. The number of hydrogen-bond acceptors (Lipinski definition) is 1. The summed E-state index contributed by atoms with van der Waals surface area (Å²) in [5.74, 6) is -0.133. The van der Waals surface area contributed by atoms with Gasteiger partial charge in [-0.15, -0.1) is 0 Å². The van der Waals surface area contributed by atoms with Gasteiger partial charge in [0.15, 0.2) is 0 Å². The molecule has 0 aliphatic rings. The highest BCUT2D eigenvalue weighted by atomic mass is 19.4. The van der Waals surface area contributed by atoms with E-state index in [1.54, 1.807) is 17.9 Å². The van der Waals surface area contributed by atoms with Crippen molar-refractivity contribution in [2.45, 2.75) is 39.4 Å². The molecule has 1 aromatic rings. The minimum absolute atomic E-state index is 0.133. The summed E-state index contributed by atoms with van der Waals surface area (Å²) in [4.78, 5) is 13.1. The number of benzene rings is 1. The Balaban J connectivity index is 3.04. The highest BCUT2D eigenvalue weighted by Crippen LogP contribution is 2.31. The molecule has 0 radical (unpaired) electrons. The molecule has 0 aliphatic heterocycles. The molecule has 0 saturated carbocycles. The average Bonchev–Trinajstić information content (AvgIpc) is 2.34. The van der Waals surface area contributed by atoms with Gasteiger partial charge in [0, 0.05) is 13.5 Å². The fraction of sp³-hybridized carbons (Fsp3) is 0.500. The Kier molecular flexibility index (Phi) is 4.97. The molecule has 0 spiro atoms. The summed E-state index contributed by atoms with van der Waals surface area (Å²) in [6.45, 7) is 5.63. The van der Waals surface area contributed by atoms with Crippen molar-refractivity contribution in [3.05, 3.63) is 35.4 Å². The van der Waals surface area contributed by atoms with Crippen LogP contribution in [-0.2, 0) is 11.0 Å². The maximum absolute atomic E-state index is 12.7. The lowest BCUT2D eigenvalue weighted by molar-refractivity contribution is -0.137. The molecular formula is C14H18F3NO. The first-order chi connectivity index (χ1) is 8.77. The summed E-state index contributed by atoms with van der Waals surface area (Å²) < 4.78 is 38.0. The van der Waals surface area contributed by atoms with Crippen molar-refractivity contribution in [2.75, 3.05) is 6.54 Å². The van der Waals surface area contributed by atoms with Crippen molar-refractivity contribution in [1.82, 2.24) is 4.90 Å². The monoisotopic (exact) mass is 273 g/mol. The van der Waals surface area contributed by atoms with E-state index in [4.69, 9.17) is 0 Å². The molecule has 1 rings (SSSR count). The summed E-state index contributed by atoms with van der Waals surface area (Å²) in [6.07, 6.45) is -3.59. The van der Waals surface area contributed by atoms with Gasteiger partial charge in [0.2, 0.25) is 5.91 Å². The van der Waals surface area contributed by atoms with Crippen LogP contribution in [0.4, 0.5) is 13.2 Å². The Bertz CT molecular complexity index is 443. The van der Waals surface area contributed by atoms with E-state index in [0.717, 1.165) is 18.6 Å². The number of hydrogen-bond donors (Lipinski definition) is 0. The van der Waals surface area contributed by atoms with Crippen LogP contribution in [0, 0.1) is 0 Å². The van der Waals surface area contributed by atoms with E-state index >= 15 is 0 Å². The Morgan fingerprint density at radius 2 is 2.00 bits per heavy atom. The van der Waals surface area contributed by atoms with Crippen molar-refractivity contribution >= 4 is 5.91 Å². The van der Waals surface area contributed by atoms with Crippen LogP contribution in [0.1, 0.15) is 44.4 Å². The largest absolute Gasteiger partial charge is 0.416 e. The zero-order chi connectivity index (χ0) is 14.6. The molecule has 1 atom stereocenters. The third-order valence-corrected chi connectivity index (χ3v) is 3.03. The van der Waals surface area contributed by atoms with E-state index in [1.165, 1.54) is 13.0 Å². The van der Waals surface area contributed by atoms with E-state index in [-0.39, 0.29) is 11.9 Å². The van der Waals surface area contributed by atoms with Gasteiger partial charge in [-0.1, -0.05) is 19.1 Å². The van der Waals surface area contributed by atoms with Crippen LogP contribution in [0.3, 0.4) is 0 Å². The molecule has 1 amide bonds. The van der Waals surface area contributed by atoms with Gasteiger partial charge in [-0.2, -0.15) is 13.2 Å². The van der Waals surface area contributed by atoms with Gasteiger partial charge in [-0.3, -0.25) is 4.79 Å². The molecule has 0 N–H and O–H groups in total. The molecule has 0 heterocycles. The number of carbonyl (C=O) groups is 1. The van der Waals surface area contributed by atoms with Gasteiger partial charge in [0.05, 0.1) is 11.6 Å². The van der Waals surface area contributed by atoms with Crippen LogP contribution in [0.15, 0.2) is 24.3 Å². The van der Waals surface area contributed by atoms with Crippen molar-refractivity contribution < 1.29 is 18.0 Å². The normalized spacial score (nSPS) is 13.2. The first-order valence-electron chi connectivity index (χ1n) is 6.21. The zero-order valence-corrected chi connectivity index (χ0v) is 11.3. The number of rotatable bonds is 4. The van der Waals surface area contributed by atoms with Gasteiger partial charge in [-0.25, -0.2) is 0 Å². The van der Waals surface area contributed by atoms with E-state index < -0.39 is 11.7 Å². The highest BCUT2D eigenvalue weighted by molar-refractivity contribution is 5.73. The van der Waals surface area contributed by atoms with Crippen molar-refractivity contribution in [3.8, 4) is 0 Å². The topological polar surface area (TPSA) is 20.3 Å². The quantitative estimate of drug-likeness (QED) is 0.811. The predicted molar refractivity (Wildman–Crippen MR) is 67.5 cm³/mol. The van der Waals surface area contributed by atoms with Crippen LogP contribution in [0.2, 0.25) is 0 Å². The van der Waals surface area contributed by atoms with E-state index in [0.29, 0.717) is 12.1 Å². The van der Waals surface area contributed by atoms with Crippen LogP contribution in [-0.4, -0.2) is 17.4 Å². The fourth-order valence-electron chi connectivity index (χ4n) is 2.02. The average molecular weight is 273 g/mol. The predicted octanol–water partition coefficient (Wildman–Crippen LogP) is 4.02. The molecular weight excluding hydrogens is 255 g/mol. The number of alkyl halides is 3. The molecule has 0 saturated heterocycles. The Morgan fingerprint density at radius 3 is 2.47 bits per heavy atom. The second-order valence-electron chi connectivity index (χ2n) is 4.51. The minimum atomic E-state index is -4.36. The molecule has 0 unspecified atom stereocenters. The number of carbonyl (C=O) groups excluding carboxylic acids is 1. The molecule has 0 bridgehead atoms. The zero-order valence-electron chi connectivity index (χ0n) is 11.3. The first-order valence-corrected chi connectivity index (χ1v) is 6.21. The lowest BCUT2D eigenvalue weighted by atomic mass is 10.0. The Morgan fingerprint density at radius 1 is 1.37 bits per heavy atom. The van der Waals surface area contributed by atoms with Gasteiger partial charge >= 0.3 is 6.18 Å². The maximum Gasteiger partial charge on any atom is 0.416 e. The van der Waals surface area contributed by atoms with Gasteiger partial charge in [0.1, 0.15) is 0 Å². The first kappa shape index (κ1) is 15.5. The number of nitrogens with zero attached hydrogens (tertiary/aromatic N) is 1. The number of amides is 1. The highest BCUT2D eigenvalue weighted by Gasteiger charge is 2.31. The van der Waals surface area contributed by atoms with Gasteiger partial charge < -0.3 is 4.90 Å². The molecule has 19 heavy (non-hydrogen) atoms. The third kappa shape index (κ3) is 3.98. The summed E-state index contributed by atoms with van der Waals surface area (Å²) in [6, 6.07) is 4.77. The van der Waals surface area contributed by atoms with Crippen LogP contribution >= 0.6 is 0 Å². The summed E-state index contributed by atoms with van der Waals surface area (Å²) >= 11 is 0. The number of halogens is 3. The van der Waals surface area contributed by atoms with Gasteiger partial charge in [-0.05, 0) is 31.0 Å². The fourth-order valence-corrected chi connectivity index (χ4v) is 2.02. The minimum Gasteiger partial charge on any atom is -0.336 e. The van der Waals surface area contributed by atoms with Crippen LogP contribution < -0.4 is 0 Å². The lowest BCUT2D eigenvalue weighted by Gasteiger charge is -2.28. The van der Waals surface area contributed by atoms with Crippen molar-refractivity contribution in [2.24, 2.45) is 0 Å². The van der Waals surface area contributed by atoms with Crippen LogP contribution in [0.25, 0.3) is 0 Å². The molecule has 5 heteroatoms. The Hall–Kier alpha value is -1.52. The Labute approximate surface area is 111 Å². The smallest absolute Gasteiger partial charge is 0.336 e. The second-order valence-corrected chi connectivity index (χ2v) is 4.51. The molecule has 1 aromatic carbocycles. The summed E-state index contributed by atoms with van der Waals surface area (Å²) in [5.41, 5.74) is -0.185. The second kappa shape index (κ2) is 6.08. The lowest BCUT2D eigenvalue weighted by Crippen LogP contribution is -2.32. The molecule has 0 fully saturated rings. The van der Waals surface area contributed by atoms with Crippen molar-refractivity contribution in [3.63, 3.8) is 0 Å². The molecule has 2 nitrogen and oxygen atoms in total.